The predicted octanol–water partition coefficient (Wildman–Crippen LogP) is 1.41. The summed E-state index contributed by atoms with van der Waals surface area (Å²) in [5.74, 6) is -0.468. The fraction of sp³-hybridized carbons (Fsp3) is 0.0556. The maximum Gasteiger partial charge on any atom is 0.282 e. The molecule has 1 heterocycles. The Labute approximate surface area is 143 Å². The number of amides is 1. The molecule has 7 heteroatoms. The number of aromatic nitrogens is 1. The lowest BCUT2D eigenvalue weighted by Crippen LogP contribution is -2.25. The fourth-order valence-corrected chi connectivity index (χ4v) is 2.65. The Balaban J connectivity index is 2.38. The van der Waals surface area contributed by atoms with Crippen LogP contribution >= 0.6 is 0 Å². The third kappa shape index (κ3) is 2.94. The normalized spacial score (nSPS) is 10.4. The molecule has 1 aromatic heterocycles. The second-order valence-electron chi connectivity index (χ2n) is 5.28. The van der Waals surface area contributed by atoms with Crippen LogP contribution in [0.5, 0.6) is 5.75 Å². The van der Waals surface area contributed by atoms with Crippen LogP contribution in [0, 0.1) is 0 Å². The number of ether oxygens (including phenoxy) is 1. The van der Waals surface area contributed by atoms with E-state index in [0.717, 1.165) is 0 Å². The molecule has 0 unspecified atom stereocenters. The number of hydrogen-bond donors (Lipinski definition) is 2. The van der Waals surface area contributed by atoms with Crippen LogP contribution in [0.3, 0.4) is 0 Å². The minimum Gasteiger partial charge on any atom is -0.495 e. The number of carbonyl (C=O) groups excluding carboxylic acids is 1. The van der Waals surface area contributed by atoms with Crippen LogP contribution in [0.2, 0.25) is 0 Å². The van der Waals surface area contributed by atoms with Crippen LogP contribution in [-0.2, 0) is 0 Å². The molecule has 3 rings (SSSR count). The first kappa shape index (κ1) is 16.3. The summed E-state index contributed by atoms with van der Waals surface area (Å²) in [5.41, 5.74) is 11.1. The van der Waals surface area contributed by atoms with E-state index in [1.54, 1.807) is 48.5 Å². The van der Waals surface area contributed by atoms with Gasteiger partial charge in [0.2, 0.25) is 0 Å². The second kappa shape index (κ2) is 6.48. The number of pyridine rings is 1. The highest BCUT2D eigenvalue weighted by atomic mass is 16.5. The predicted molar refractivity (Wildman–Crippen MR) is 96.2 cm³/mol. The second-order valence-corrected chi connectivity index (χ2v) is 5.28. The highest BCUT2D eigenvalue weighted by molar-refractivity contribution is 6.10. The SMILES string of the molecule is COc1ccccc1-n1cc(C(=O)N=C(N)N)c2ccccc2c1=O. The number of para-hydroxylation sites is 2. The zero-order chi connectivity index (χ0) is 18.0. The molecule has 0 radical (unpaired) electrons. The molecule has 0 aliphatic heterocycles. The molecule has 25 heavy (non-hydrogen) atoms. The Morgan fingerprint density at radius 1 is 1.04 bits per heavy atom. The van der Waals surface area contributed by atoms with E-state index < -0.39 is 5.91 Å². The van der Waals surface area contributed by atoms with Crippen molar-refractivity contribution < 1.29 is 9.53 Å². The average molecular weight is 336 g/mol. The lowest BCUT2D eigenvalue weighted by molar-refractivity contribution is 0.100. The molecule has 4 N–H and O–H groups in total. The average Bonchev–Trinajstić information content (AvgIpc) is 2.61. The Hall–Kier alpha value is -3.61. The summed E-state index contributed by atoms with van der Waals surface area (Å²) in [6.45, 7) is 0. The summed E-state index contributed by atoms with van der Waals surface area (Å²) in [7, 11) is 1.51. The van der Waals surface area contributed by atoms with E-state index in [1.807, 2.05) is 0 Å². The first-order valence-electron chi connectivity index (χ1n) is 7.44. The Morgan fingerprint density at radius 3 is 2.36 bits per heavy atom. The van der Waals surface area contributed by atoms with Gasteiger partial charge in [0.15, 0.2) is 5.96 Å². The standard InChI is InChI=1S/C18H16N4O3/c1-25-15-9-5-4-8-14(15)22-10-13(16(23)21-18(19)20)11-6-2-3-7-12(11)17(22)24/h2-10H,1H3,(H4,19,20,21,23). The summed E-state index contributed by atoms with van der Waals surface area (Å²) < 4.78 is 6.68. The highest BCUT2D eigenvalue weighted by Crippen LogP contribution is 2.24. The number of methoxy groups -OCH3 is 1. The number of rotatable bonds is 3. The molecule has 7 nitrogen and oxygen atoms in total. The monoisotopic (exact) mass is 336 g/mol. The van der Waals surface area contributed by atoms with E-state index in [1.165, 1.54) is 17.9 Å². The zero-order valence-electron chi connectivity index (χ0n) is 13.5. The highest BCUT2D eigenvalue weighted by Gasteiger charge is 2.16. The lowest BCUT2D eigenvalue weighted by atomic mass is 10.1. The minimum atomic E-state index is -0.625. The number of guanidine groups is 1. The molecule has 0 bridgehead atoms. The van der Waals surface area contributed by atoms with Crippen LogP contribution in [0.4, 0.5) is 0 Å². The quantitative estimate of drug-likeness (QED) is 0.555. The van der Waals surface area contributed by atoms with E-state index in [0.29, 0.717) is 22.2 Å². The van der Waals surface area contributed by atoms with Gasteiger partial charge >= 0.3 is 0 Å². The van der Waals surface area contributed by atoms with Gasteiger partial charge in [-0.15, -0.1) is 0 Å². The zero-order valence-corrected chi connectivity index (χ0v) is 13.5. The summed E-state index contributed by atoms with van der Waals surface area (Å²) in [6, 6.07) is 13.8. The van der Waals surface area contributed by atoms with Crippen molar-refractivity contribution in [2.24, 2.45) is 16.5 Å². The van der Waals surface area contributed by atoms with Gasteiger partial charge in [-0.2, -0.15) is 4.99 Å². The number of nitrogens with zero attached hydrogens (tertiary/aromatic N) is 2. The van der Waals surface area contributed by atoms with Crippen LogP contribution in [-0.4, -0.2) is 23.5 Å². The van der Waals surface area contributed by atoms with E-state index in [2.05, 4.69) is 4.99 Å². The van der Waals surface area contributed by atoms with Gasteiger partial charge in [-0.05, 0) is 18.2 Å². The molecular formula is C18H16N4O3. The van der Waals surface area contributed by atoms with Gasteiger partial charge in [-0.3, -0.25) is 14.2 Å². The Kier molecular flexibility index (Phi) is 4.21. The van der Waals surface area contributed by atoms with Crippen molar-refractivity contribution in [3.63, 3.8) is 0 Å². The lowest BCUT2D eigenvalue weighted by Gasteiger charge is -2.13. The van der Waals surface area contributed by atoms with Crippen molar-refractivity contribution in [1.82, 2.24) is 4.57 Å². The largest absolute Gasteiger partial charge is 0.495 e. The first-order chi connectivity index (χ1) is 12.0. The van der Waals surface area contributed by atoms with E-state index in [9.17, 15) is 9.59 Å². The third-order valence-electron chi connectivity index (χ3n) is 3.73. The summed E-state index contributed by atoms with van der Waals surface area (Å²) in [4.78, 5) is 28.9. The smallest absolute Gasteiger partial charge is 0.282 e. The topological polar surface area (TPSA) is 113 Å². The van der Waals surface area contributed by atoms with Crippen LogP contribution in [0.1, 0.15) is 10.4 Å². The van der Waals surface area contributed by atoms with Crippen molar-refractivity contribution in [3.05, 3.63) is 70.6 Å². The van der Waals surface area contributed by atoms with Gasteiger partial charge in [-0.1, -0.05) is 30.3 Å². The first-order valence-corrected chi connectivity index (χ1v) is 7.44. The van der Waals surface area contributed by atoms with Gasteiger partial charge in [-0.25, -0.2) is 0 Å². The van der Waals surface area contributed by atoms with E-state index in [4.69, 9.17) is 16.2 Å². The summed E-state index contributed by atoms with van der Waals surface area (Å²) in [5, 5.41) is 0.860. The fourth-order valence-electron chi connectivity index (χ4n) is 2.65. The van der Waals surface area contributed by atoms with E-state index in [-0.39, 0.29) is 17.1 Å². The minimum absolute atomic E-state index is 0.217. The van der Waals surface area contributed by atoms with Crippen LogP contribution in [0.15, 0.2) is 64.5 Å². The van der Waals surface area contributed by atoms with Gasteiger partial charge in [0, 0.05) is 17.0 Å². The van der Waals surface area contributed by atoms with Crippen molar-refractivity contribution >= 4 is 22.6 Å². The van der Waals surface area contributed by atoms with Crippen molar-refractivity contribution in [2.45, 2.75) is 0 Å². The van der Waals surface area contributed by atoms with Crippen molar-refractivity contribution in [3.8, 4) is 11.4 Å². The van der Waals surface area contributed by atoms with Crippen molar-refractivity contribution in [1.29, 1.82) is 0 Å². The van der Waals surface area contributed by atoms with Gasteiger partial charge in [0.1, 0.15) is 5.75 Å². The molecule has 0 aliphatic rings. The number of hydrogen-bond acceptors (Lipinski definition) is 3. The number of carbonyl (C=O) groups is 1. The third-order valence-corrected chi connectivity index (χ3v) is 3.73. The molecule has 0 saturated carbocycles. The molecule has 0 fully saturated rings. The van der Waals surface area contributed by atoms with Gasteiger partial charge < -0.3 is 16.2 Å². The number of benzene rings is 2. The van der Waals surface area contributed by atoms with Crippen LogP contribution < -0.4 is 21.8 Å². The molecule has 0 spiro atoms. The number of nitrogens with two attached hydrogens (primary N) is 2. The molecular weight excluding hydrogens is 320 g/mol. The maximum absolute atomic E-state index is 12.9. The number of aliphatic imine (C=N–C) groups is 1. The van der Waals surface area contributed by atoms with Crippen molar-refractivity contribution in [2.75, 3.05) is 7.11 Å². The molecule has 126 valence electrons. The Bertz CT molecular complexity index is 1050. The number of fused-ring (bicyclic) bond motifs is 1. The summed E-state index contributed by atoms with van der Waals surface area (Å²) >= 11 is 0. The molecule has 3 aromatic rings. The molecule has 1 amide bonds. The molecule has 0 aliphatic carbocycles. The molecule has 0 atom stereocenters. The summed E-state index contributed by atoms with van der Waals surface area (Å²) in [6.07, 6.45) is 1.43. The van der Waals surface area contributed by atoms with Crippen LogP contribution in [0.25, 0.3) is 16.5 Å². The van der Waals surface area contributed by atoms with Gasteiger partial charge in [0.25, 0.3) is 11.5 Å². The molecule has 2 aromatic carbocycles. The van der Waals surface area contributed by atoms with E-state index >= 15 is 0 Å². The Morgan fingerprint density at radius 2 is 1.68 bits per heavy atom. The van der Waals surface area contributed by atoms with Gasteiger partial charge in [0.05, 0.1) is 18.4 Å². The molecule has 0 saturated heterocycles. The maximum atomic E-state index is 12.9.